The number of hydrogen-bond acceptors (Lipinski definition) is 2. The van der Waals surface area contributed by atoms with Crippen LogP contribution in [0.15, 0.2) is 12.2 Å². The Morgan fingerprint density at radius 1 is 1.12 bits per heavy atom. The third kappa shape index (κ3) is 12.4. The van der Waals surface area contributed by atoms with E-state index in [0.717, 1.165) is 38.5 Å². The fourth-order valence-corrected chi connectivity index (χ4v) is 1.24. The number of carbonyl (C=O) groups is 2. The standard InChI is InChI=1S/C13H18O3/c14-12-10-8-6-4-2-1-3-5-7-9-11-13(15)16/h8,10,12H,1-3,5,7,9,11H2,(H,15,16)/b10-8+. The molecule has 0 aliphatic heterocycles. The Morgan fingerprint density at radius 3 is 2.50 bits per heavy atom. The highest BCUT2D eigenvalue weighted by Gasteiger charge is 1.95. The fraction of sp³-hybridized carbons (Fsp3) is 0.538. The van der Waals surface area contributed by atoms with Gasteiger partial charge in [0.05, 0.1) is 0 Å². The van der Waals surface area contributed by atoms with E-state index < -0.39 is 5.97 Å². The van der Waals surface area contributed by atoms with Crippen LogP contribution in [0.1, 0.15) is 44.9 Å². The molecular formula is C13H18O3. The summed E-state index contributed by atoms with van der Waals surface area (Å²) in [5.41, 5.74) is 0. The average molecular weight is 222 g/mol. The zero-order valence-electron chi connectivity index (χ0n) is 9.45. The number of aliphatic carboxylic acids is 1. The molecule has 0 bridgehead atoms. The molecule has 0 aromatic rings. The summed E-state index contributed by atoms with van der Waals surface area (Å²) in [6.45, 7) is 0. The van der Waals surface area contributed by atoms with Crippen LogP contribution in [-0.4, -0.2) is 17.4 Å². The zero-order valence-corrected chi connectivity index (χ0v) is 9.45. The molecule has 16 heavy (non-hydrogen) atoms. The van der Waals surface area contributed by atoms with Gasteiger partial charge in [-0.25, -0.2) is 0 Å². The van der Waals surface area contributed by atoms with Gasteiger partial charge in [0.2, 0.25) is 0 Å². The first kappa shape index (κ1) is 14.4. The monoisotopic (exact) mass is 222 g/mol. The first-order valence-electron chi connectivity index (χ1n) is 5.58. The molecule has 0 heterocycles. The smallest absolute Gasteiger partial charge is 0.303 e. The van der Waals surface area contributed by atoms with Crippen molar-refractivity contribution in [3.63, 3.8) is 0 Å². The lowest BCUT2D eigenvalue weighted by Gasteiger charge is -1.97. The maximum Gasteiger partial charge on any atom is 0.303 e. The van der Waals surface area contributed by atoms with Gasteiger partial charge < -0.3 is 5.11 Å². The van der Waals surface area contributed by atoms with Gasteiger partial charge in [-0.1, -0.05) is 31.1 Å². The highest BCUT2D eigenvalue weighted by molar-refractivity contribution is 5.66. The minimum Gasteiger partial charge on any atom is -0.481 e. The Labute approximate surface area is 96.5 Å². The number of carboxylic acid groups (broad SMARTS) is 1. The van der Waals surface area contributed by atoms with Crippen molar-refractivity contribution in [2.24, 2.45) is 0 Å². The Bertz CT molecular complexity index is 281. The lowest BCUT2D eigenvalue weighted by Crippen LogP contribution is -1.93. The molecule has 1 N–H and O–H groups in total. The number of allylic oxidation sites excluding steroid dienone is 2. The molecule has 0 amide bonds. The van der Waals surface area contributed by atoms with Gasteiger partial charge >= 0.3 is 5.97 Å². The van der Waals surface area contributed by atoms with Gasteiger partial charge in [0.1, 0.15) is 6.29 Å². The van der Waals surface area contributed by atoms with Crippen molar-refractivity contribution in [1.82, 2.24) is 0 Å². The summed E-state index contributed by atoms with van der Waals surface area (Å²) in [7, 11) is 0. The van der Waals surface area contributed by atoms with E-state index in [1.807, 2.05) is 0 Å². The zero-order chi connectivity index (χ0) is 12.1. The second kappa shape index (κ2) is 11.5. The van der Waals surface area contributed by atoms with E-state index in [-0.39, 0.29) is 6.42 Å². The maximum atomic E-state index is 10.2. The molecule has 0 rings (SSSR count). The van der Waals surface area contributed by atoms with E-state index in [1.54, 1.807) is 6.08 Å². The highest BCUT2D eigenvalue weighted by Crippen LogP contribution is 2.06. The predicted octanol–water partition coefficient (Wildman–Crippen LogP) is 2.56. The van der Waals surface area contributed by atoms with Crippen molar-refractivity contribution >= 4 is 12.3 Å². The number of rotatable bonds is 8. The van der Waals surface area contributed by atoms with Gasteiger partial charge in [0, 0.05) is 12.8 Å². The minimum absolute atomic E-state index is 0.274. The summed E-state index contributed by atoms with van der Waals surface area (Å²) in [5, 5.41) is 8.41. The molecule has 0 aromatic heterocycles. The maximum absolute atomic E-state index is 10.2. The van der Waals surface area contributed by atoms with Crippen LogP contribution in [0.2, 0.25) is 0 Å². The Balaban J connectivity index is 3.20. The number of unbranched alkanes of at least 4 members (excludes halogenated alkanes) is 5. The van der Waals surface area contributed by atoms with Gasteiger partial charge in [-0.15, -0.1) is 0 Å². The summed E-state index contributed by atoms with van der Waals surface area (Å²) in [4.78, 5) is 20.1. The van der Waals surface area contributed by atoms with Crippen LogP contribution in [0.3, 0.4) is 0 Å². The summed E-state index contributed by atoms with van der Waals surface area (Å²) >= 11 is 0. The molecule has 0 aromatic carbocycles. The van der Waals surface area contributed by atoms with Crippen LogP contribution in [-0.2, 0) is 9.59 Å². The van der Waals surface area contributed by atoms with E-state index in [9.17, 15) is 9.59 Å². The third-order valence-corrected chi connectivity index (χ3v) is 2.05. The van der Waals surface area contributed by atoms with Gasteiger partial charge in [-0.2, -0.15) is 0 Å². The van der Waals surface area contributed by atoms with Crippen LogP contribution in [0.4, 0.5) is 0 Å². The second-order valence-corrected chi connectivity index (χ2v) is 3.48. The molecule has 0 radical (unpaired) electrons. The number of aldehydes is 1. The van der Waals surface area contributed by atoms with Gasteiger partial charge in [-0.3, -0.25) is 9.59 Å². The van der Waals surface area contributed by atoms with Crippen LogP contribution in [0, 0.1) is 11.8 Å². The van der Waals surface area contributed by atoms with Gasteiger partial charge in [0.25, 0.3) is 0 Å². The molecule has 0 atom stereocenters. The SMILES string of the molecule is O=C/C=C/C#CCCCCCCCC(=O)O. The third-order valence-electron chi connectivity index (χ3n) is 2.05. The van der Waals surface area contributed by atoms with Crippen molar-refractivity contribution in [2.75, 3.05) is 0 Å². The molecule has 0 saturated heterocycles. The Kier molecular flexibility index (Phi) is 10.4. The molecule has 0 saturated carbocycles. The molecule has 0 aliphatic rings. The van der Waals surface area contributed by atoms with Crippen LogP contribution in [0.25, 0.3) is 0 Å². The van der Waals surface area contributed by atoms with E-state index in [0.29, 0.717) is 6.29 Å². The van der Waals surface area contributed by atoms with Crippen molar-refractivity contribution in [3.8, 4) is 11.8 Å². The molecule has 3 nitrogen and oxygen atoms in total. The molecule has 0 unspecified atom stereocenters. The molecule has 3 heteroatoms. The summed E-state index contributed by atoms with van der Waals surface area (Å²) in [6.07, 6.45) is 9.67. The molecule has 0 fully saturated rings. The summed E-state index contributed by atoms with van der Waals surface area (Å²) < 4.78 is 0. The molecule has 88 valence electrons. The van der Waals surface area contributed by atoms with E-state index in [1.165, 1.54) is 6.08 Å². The largest absolute Gasteiger partial charge is 0.481 e. The van der Waals surface area contributed by atoms with Crippen LogP contribution in [0.5, 0.6) is 0 Å². The summed E-state index contributed by atoms with van der Waals surface area (Å²) in [6, 6.07) is 0. The van der Waals surface area contributed by atoms with Crippen molar-refractivity contribution in [2.45, 2.75) is 44.9 Å². The van der Waals surface area contributed by atoms with Crippen molar-refractivity contribution in [3.05, 3.63) is 12.2 Å². The predicted molar refractivity (Wildman–Crippen MR) is 62.9 cm³/mol. The average Bonchev–Trinajstić information content (AvgIpc) is 2.25. The fourth-order valence-electron chi connectivity index (χ4n) is 1.24. The molecule has 0 spiro atoms. The number of carboxylic acids is 1. The minimum atomic E-state index is -0.715. The van der Waals surface area contributed by atoms with E-state index in [2.05, 4.69) is 11.8 Å². The Morgan fingerprint density at radius 2 is 1.81 bits per heavy atom. The first-order chi connectivity index (χ1) is 7.77. The quantitative estimate of drug-likeness (QED) is 0.297. The lowest BCUT2D eigenvalue weighted by molar-refractivity contribution is -0.137. The highest BCUT2D eigenvalue weighted by atomic mass is 16.4. The van der Waals surface area contributed by atoms with Gasteiger partial charge in [0.15, 0.2) is 0 Å². The second-order valence-electron chi connectivity index (χ2n) is 3.48. The number of hydrogen-bond donors (Lipinski definition) is 1. The van der Waals surface area contributed by atoms with Gasteiger partial charge in [-0.05, 0) is 25.0 Å². The summed E-state index contributed by atoms with van der Waals surface area (Å²) in [5.74, 6) is 4.99. The van der Waals surface area contributed by atoms with Crippen molar-refractivity contribution < 1.29 is 14.7 Å². The molecule has 0 aliphatic carbocycles. The first-order valence-corrected chi connectivity index (χ1v) is 5.58. The normalized spacial score (nSPS) is 9.75. The van der Waals surface area contributed by atoms with Crippen LogP contribution < -0.4 is 0 Å². The lowest BCUT2D eigenvalue weighted by atomic mass is 10.1. The molecular weight excluding hydrogens is 204 g/mol. The van der Waals surface area contributed by atoms with E-state index >= 15 is 0 Å². The topological polar surface area (TPSA) is 54.4 Å². The number of carbonyl (C=O) groups excluding carboxylic acids is 1. The Hall–Kier alpha value is -1.56. The van der Waals surface area contributed by atoms with Crippen LogP contribution >= 0.6 is 0 Å². The van der Waals surface area contributed by atoms with Crippen molar-refractivity contribution in [1.29, 1.82) is 0 Å². The van der Waals surface area contributed by atoms with E-state index in [4.69, 9.17) is 5.11 Å².